The molecule has 0 aliphatic heterocycles. The van der Waals surface area contributed by atoms with Crippen LogP contribution < -0.4 is 5.32 Å². The number of aliphatic hydroxyl groups is 1. The maximum Gasteiger partial charge on any atom is 0.194 e. The van der Waals surface area contributed by atoms with Gasteiger partial charge in [0.25, 0.3) is 0 Å². The molecule has 0 spiro atoms. The number of nitrogens with one attached hydrogen (secondary N) is 1. The van der Waals surface area contributed by atoms with Crippen LogP contribution in [0.15, 0.2) is 12.1 Å². The fourth-order valence-corrected chi connectivity index (χ4v) is 2.53. The van der Waals surface area contributed by atoms with Crippen molar-refractivity contribution in [1.82, 2.24) is 5.32 Å². The Morgan fingerprint density at radius 3 is 2.42 bits per heavy atom. The van der Waals surface area contributed by atoms with Crippen molar-refractivity contribution >= 4 is 0 Å². The summed E-state index contributed by atoms with van der Waals surface area (Å²) >= 11 is 0. The molecular formula is C14H18F3NO. The predicted octanol–water partition coefficient (Wildman–Crippen LogP) is 2.92. The Hall–Kier alpha value is -1.07. The molecule has 2 N–H and O–H groups in total. The Bertz CT molecular complexity index is 429. The summed E-state index contributed by atoms with van der Waals surface area (Å²) in [7, 11) is 0. The van der Waals surface area contributed by atoms with Crippen molar-refractivity contribution < 1.29 is 18.3 Å². The fraction of sp³-hybridized carbons (Fsp3) is 0.571. The van der Waals surface area contributed by atoms with Crippen molar-refractivity contribution in [1.29, 1.82) is 0 Å². The summed E-state index contributed by atoms with van der Waals surface area (Å²) in [5.41, 5.74) is 0.365. The largest absolute Gasteiger partial charge is 0.393 e. The Morgan fingerprint density at radius 1 is 1.26 bits per heavy atom. The van der Waals surface area contributed by atoms with Gasteiger partial charge in [-0.1, -0.05) is 6.42 Å². The Labute approximate surface area is 110 Å². The first-order valence-electron chi connectivity index (χ1n) is 6.55. The zero-order chi connectivity index (χ0) is 14.0. The molecule has 1 fully saturated rings. The summed E-state index contributed by atoms with van der Waals surface area (Å²) in [4.78, 5) is 0. The highest BCUT2D eigenvalue weighted by molar-refractivity contribution is 5.22. The van der Waals surface area contributed by atoms with Gasteiger partial charge >= 0.3 is 0 Å². The summed E-state index contributed by atoms with van der Waals surface area (Å²) in [6.45, 7) is 2.34. The molecule has 0 bridgehead atoms. The van der Waals surface area contributed by atoms with Crippen molar-refractivity contribution in [2.45, 2.75) is 38.3 Å². The first-order chi connectivity index (χ1) is 8.99. The third-order valence-electron chi connectivity index (χ3n) is 3.81. The summed E-state index contributed by atoms with van der Waals surface area (Å²) in [5.74, 6) is -3.62. The van der Waals surface area contributed by atoms with Crippen molar-refractivity contribution in [2.24, 2.45) is 5.92 Å². The maximum absolute atomic E-state index is 13.1. The van der Waals surface area contributed by atoms with Crippen molar-refractivity contribution in [3.05, 3.63) is 35.1 Å². The van der Waals surface area contributed by atoms with E-state index in [0.717, 1.165) is 31.4 Å². The van der Waals surface area contributed by atoms with Gasteiger partial charge in [0, 0.05) is 12.6 Å². The van der Waals surface area contributed by atoms with E-state index in [1.54, 1.807) is 6.92 Å². The Balaban J connectivity index is 1.98. The molecule has 1 saturated carbocycles. The van der Waals surface area contributed by atoms with Gasteiger partial charge in [-0.05, 0) is 43.4 Å². The second-order valence-electron chi connectivity index (χ2n) is 5.19. The van der Waals surface area contributed by atoms with Crippen molar-refractivity contribution in [3.63, 3.8) is 0 Å². The molecule has 106 valence electrons. The molecule has 0 heterocycles. The molecule has 3 atom stereocenters. The van der Waals surface area contributed by atoms with E-state index in [4.69, 9.17) is 0 Å². The number of aliphatic hydroxyl groups excluding tert-OH is 1. The van der Waals surface area contributed by atoms with E-state index in [0.29, 0.717) is 12.1 Å². The lowest BCUT2D eigenvalue weighted by Crippen LogP contribution is -2.29. The molecule has 1 aliphatic rings. The van der Waals surface area contributed by atoms with Crippen molar-refractivity contribution in [2.75, 3.05) is 6.54 Å². The number of benzene rings is 1. The van der Waals surface area contributed by atoms with Crippen LogP contribution in [-0.2, 0) is 0 Å². The third-order valence-corrected chi connectivity index (χ3v) is 3.81. The van der Waals surface area contributed by atoms with Crippen LogP contribution >= 0.6 is 0 Å². The monoisotopic (exact) mass is 273 g/mol. The van der Waals surface area contributed by atoms with E-state index in [9.17, 15) is 18.3 Å². The molecule has 19 heavy (non-hydrogen) atoms. The van der Waals surface area contributed by atoms with Crippen LogP contribution in [0.4, 0.5) is 13.2 Å². The number of hydrogen-bond donors (Lipinski definition) is 2. The molecule has 1 aromatic rings. The van der Waals surface area contributed by atoms with Gasteiger partial charge in [0.15, 0.2) is 17.5 Å². The lowest BCUT2D eigenvalue weighted by molar-refractivity contribution is 0.130. The summed E-state index contributed by atoms with van der Waals surface area (Å²) in [6, 6.07) is 1.71. The smallest absolute Gasteiger partial charge is 0.194 e. The molecular weight excluding hydrogens is 255 g/mol. The van der Waals surface area contributed by atoms with Crippen LogP contribution in [0.25, 0.3) is 0 Å². The number of halogens is 3. The minimum Gasteiger partial charge on any atom is -0.393 e. The van der Waals surface area contributed by atoms with Gasteiger partial charge in [-0.2, -0.15) is 0 Å². The molecule has 0 saturated heterocycles. The molecule has 0 aromatic heterocycles. The van der Waals surface area contributed by atoms with Crippen LogP contribution in [0.5, 0.6) is 0 Å². The van der Waals surface area contributed by atoms with Crippen LogP contribution in [-0.4, -0.2) is 17.8 Å². The van der Waals surface area contributed by atoms with E-state index in [1.807, 2.05) is 0 Å². The first kappa shape index (κ1) is 14.3. The zero-order valence-electron chi connectivity index (χ0n) is 10.8. The predicted molar refractivity (Wildman–Crippen MR) is 66.1 cm³/mol. The third kappa shape index (κ3) is 3.28. The lowest BCUT2D eigenvalue weighted by Gasteiger charge is -2.20. The lowest BCUT2D eigenvalue weighted by atomic mass is 10.0. The van der Waals surface area contributed by atoms with E-state index in [-0.39, 0.29) is 18.1 Å². The molecule has 0 amide bonds. The molecule has 2 nitrogen and oxygen atoms in total. The van der Waals surface area contributed by atoms with E-state index < -0.39 is 17.5 Å². The van der Waals surface area contributed by atoms with Gasteiger partial charge in [-0.15, -0.1) is 0 Å². The summed E-state index contributed by atoms with van der Waals surface area (Å²) < 4.78 is 39.1. The standard InChI is InChI=1S/C14H18F3NO/c1-8(18-7-9-3-2-4-13(9)19)10-5-11(15)14(17)12(16)6-10/h5-6,8-9,13,18-19H,2-4,7H2,1H3. The summed E-state index contributed by atoms with van der Waals surface area (Å²) in [5, 5.41) is 12.8. The Kier molecular flexibility index (Phi) is 4.47. The molecule has 2 rings (SSSR count). The van der Waals surface area contributed by atoms with Crippen LogP contribution in [0.3, 0.4) is 0 Å². The zero-order valence-corrected chi connectivity index (χ0v) is 10.8. The van der Waals surface area contributed by atoms with Crippen LogP contribution in [0.2, 0.25) is 0 Å². The van der Waals surface area contributed by atoms with Gasteiger partial charge in [0.1, 0.15) is 0 Å². The average molecular weight is 273 g/mol. The molecule has 5 heteroatoms. The minimum atomic E-state index is -1.44. The van der Waals surface area contributed by atoms with Gasteiger partial charge in [-0.3, -0.25) is 0 Å². The number of hydrogen-bond acceptors (Lipinski definition) is 2. The van der Waals surface area contributed by atoms with Gasteiger partial charge < -0.3 is 10.4 Å². The van der Waals surface area contributed by atoms with Gasteiger partial charge in [0.2, 0.25) is 0 Å². The topological polar surface area (TPSA) is 32.3 Å². The van der Waals surface area contributed by atoms with E-state index in [2.05, 4.69) is 5.32 Å². The average Bonchev–Trinajstić information content (AvgIpc) is 2.78. The molecule has 0 radical (unpaired) electrons. The fourth-order valence-electron chi connectivity index (χ4n) is 2.53. The van der Waals surface area contributed by atoms with E-state index in [1.165, 1.54) is 0 Å². The second-order valence-corrected chi connectivity index (χ2v) is 5.19. The van der Waals surface area contributed by atoms with Crippen molar-refractivity contribution in [3.8, 4) is 0 Å². The Morgan fingerprint density at radius 2 is 1.89 bits per heavy atom. The second kappa shape index (κ2) is 5.92. The highest BCUT2D eigenvalue weighted by Gasteiger charge is 2.25. The highest BCUT2D eigenvalue weighted by Crippen LogP contribution is 2.26. The SMILES string of the molecule is CC(NCC1CCCC1O)c1cc(F)c(F)c(F)c1. The van der Waals surface area contributed by atoms with Crippen LogP contribution in [0, 0.1) is 23.4 Å². The first-order valence-corrected chi connectivity index (χ1v) is 6.55. The van der Waals surface area contributed by atoms with E-state index >= 15 is 0 Å². The number of rotatable bonds is 4. The quantitative estimate of drug-likeness (QED) is 0.827. The van der Waals surface area contributed by atoms with Crippen LogP contribution in [0.1, 0.15) is 37.8 Å². The molecule has 1 aliphatic carbocycles. The summed E-state index contributed by atoms with van der Waals surface area (Å²) in [6.07, 6.45) is 2.45. The molecule has 1 aromatic carbocycles. The maximum atomic E-state index is 13.1. The molecule has 3 unspecified atom stereocenters. The van der Waals surface area contributed by atoms with Gasteiger partial charge in [-0.25, -0.2) is 13.2 Å². The van der Waals surface area contributed by atoms with Gasteiger partial charge in [0.05, 0.1) is 6.10 Å². The highest BCUT2D eigenvalue weighted by atomic mass is 19.2. The normalized spacial score (nSPS) is 24.7. The minimum absolute atomic E-state index is 0.178.